The van der Waals surface area contributed by atoms with Crippen LogP contribution in [0, 0.1) is 0 Å². The van der Waals surface area contributed by atoms with E-state index in [2.05, 4.69) is 0 Å². The van der Waals surface area contributed by atoms with Crippen molar-refractivity contribution in [1.29, 1.82) is 0 Å². The van der Waals surface area contributed by atoms with Gasteiger partial charge in [-0.1, -0.05) is 7.92 Å². The van der Waals surface area contributed by atoms with Gasteiger partial charge in [0.25, 0.3) is 0 Å². The second-order valence-corrected chi connectivity index (χ2v) is 7.04. The highest BCUT2D eigenvalue weighted by molar-refractivity contribution is 7.57. The molecule has 0 aromatic rings. The van der Waals surface area contributed by atoms with Crippen LogP contribution in [0.1, 0.15) is 0 Å². The Balaban J connectivity index is 5.70. The zero-order chi connectivity index (χ0) is 20.7. The second kappa shape index (κ2) is 6.84. The number of hydrogen-bond donors (Lipinski definition) is 0. The van der Waals surface area contributed by atoms with Gasteiger partial charge in [0, 0.05) is 18.5 Å². The fraction of sp³-hybridized carbons (Fsp3) is 1.00. The minimum absolute atomic E-state index is 3.04. The van der Waals surface area contributed by atoms with Crippen LogP contribution in [0.5, 0.6) is 0 Å². The van der Waals surface area contributed by atoms with Crippen molar-refractivity contribution in [1.82, 2.24) is 0 Å². The maximum Gasteiger partial charge on any atom is 0.453 e. The minimum atomic E-state index is -6.53. The summed E-state index contributed by atoms with van der Waals surface area (Å²) in [7, 11) is -4.43. The van der Waals surface area contributed by atoms with E-state index in [0.717, 1.165) is 0 Å². The van der Waals surface area contributed by atoms with E-state index in [1.54, 1.807) is 0 Å². The molecule has 0 spiro atoms. The van der Waals surface area contributed by atoms with Gasteiger partial charge in [-0.25, -0.2) is 0 Å². The SMILES string of the molecule is FC(F)(F)C(F)(F)CP(CC(F)(F)C(F)(F)F)CC(F)(F)C(F)(F)F. The summed E-state index contributed by atoms with van der Waals surface area (Å²) in [6.45, 7) is 0. The topological polar surface area (TPSA) is 0 Å². The first-order valence-corrected chi connectivity index (χ1v) is 7.49. The first-order chi connectivity index (χ1) is 10.5. The Kier molecular flexibility index (Phi) is 6.67. The highest BCUT2D eigenvalue weighted by atomic mass is 31.1. The highest BCUT2D eigenvalue weighted by Crippen LogP contribution is 2.55. The molecule has 0 aliphatic heterocycles. The maximum absolute atomic E-state index is 12.8. The van der Waals surface area contributed by atoms with Crippen LogP contribution in [0.4, 0.5) is 65.9 Å². The van der Waals surface area contributed by atoms with E-state index in [1.165, 1.54) is 0 Å². The number of hydrogen-bond acceptors (Lipinski definition) is 0. The monoisotopic (exact) mass is 430 g/mol. The first-order valence-electron chi connectivity index (χ1n) is 5.59. The standard InChI is InChI=1S/C9H6F15P/c10-4(11,7(16,17)18)1-25(2-5(12,13)8(19,20)21)3-6(14,15)9(22,23)24/h1-3H2. The maximum atomic E-state index is 12.8. The predicted molar refractivity (Wildman–Crippen MR) is 54.5 cm³/mol. The molecule has 0 aromatic carbocycles. The van der Waals surface area contributed by atoms with Crippen molar-refractivity contribution in [2.45, 2.75) is 36.3 Å². The van der Waals surface area contributed by atoms with Gasteiger partial charge in [-0.15, -0.1) is 0 Å². The average Bonchev–Trinajstić information content (AvgIpc) is 2.21. The molecule has 0 aromatic heterocycles. The van der Waals surface area contributed by atoms with E-state index >= 15 is 0 Å². The predicted octanol–water partition coefficient (Wildman–Crippen LogP) is 6.06. The highest BCUT2D eigenvalue weighted by Gasteiger charge is 2.65. The Morgan fingerprint density at radius 1 is 0.360 bits per heavy atom. The number of halogens is 15. The smallest absolute Gasteiger partial charge is 0.196 e. The van der Waals surface area contributed by atoms with Crippen molar-refractivity contribution in [3.05, 3.63) is 0 Å². The van der Waals surface area contributed by atoms with Crippen LogP contribution in [0.25, 0.3) is 0 Å². The van der Waals surface area contributed by atoms with E-state index < -0.39 is 62.7 Å². The molecule has 0 aliphatic carbocycles. The quantitative estimate of drug-likeness (QED) is 0.355. The molecule has 0 saturated carbocycles. The normalized spacial score (nSPS) is 15.8. The van der Waals surface area contributed by atoms with E-state index in [0.29, 0.717) is 0 Å². The van der Waals surface area contributed by atoms with Crippen LogP contribution >= 0.6 is 7.92 Å². The lowest BCUT2D eigenvalue weighted by Gasteiger charge is -2.31. The summed E-state index contributed by atoms with van der Waals surface area (Å²) in [5.74, 6) is -18.1. The van der Waals surface area contributed by atoms with Crippen molar-refractivity contribution in [3.63, 3.8) is 0 Å². The summed E-state index contributed by atoms with van der Waals surface area (Å²) in [6.07, 6.45) is -28.7. The lowest BCUT2D eigenvalue weighted by atomic mass is 10.4. The van der Waals surface area contributed by atoms with Gasteiger partial charge in [0.15, 0.2) is 0 Å². The van der Waals surface area contributed by atoms with Crippen LogP contribution in [-0.4, -0.2) is 54.8 Å². The molecular formula is C9H6F15P. The second-order valence-electron chi connectivity index (χ2n) is 4.75. The van der Waals surface area contributed by atoms with E-state index in [-0.39, 0.29) is 0 Å². The minimum Gasteiger partial charge on any atom is -0.196 e. The molecule has 16 heteroatoms. The molecule has 0 amide bonds. The third kappa shape index (κ3) is 6.24. The van der Waals surface area contributed by atoms with Gasteiger partial charge in [-0.05, 0) is 0 Å². The Labute approximate surface area is 130 Å². The molecule has 0 saturated heterocycles. The van der Waals surface area contributed by atoms with Crippen LogP contribution in [0.15, 0.2) is 0 Å². The molecule has 0 rings (SSSR count). The van der Waals surface area contributed by atoms with Crippen molar-refractivity contribution < 1.29 is 65.9 Å². The van der Waals surface area contributed by atoms with Crippen molar-refractivity contribution in [3.8, 4) is 0 Å². The van der Waals surface area contributed by atoms with E-state index in [9.17, 15) is 65.9 Å². The zero-order valence-corrected chi connectivity index (χ0v) is 12.1. The molecule has 0 fully saturated rings. The van der Waals surface area contributed by atoms with E-state index in [1.807, 2.05) is 0 Å². The molecule has 0 radical (unpaired) electrons. The van der Waals surface area contributed by atoms with Crippen molar-refractivity contribution in [2.75, 3.05) is 18.5 Å². The Bertz CT molecular complexity index is 375. The summed E-state index contributed by atoms with van der Waals surface area (Å²) in [5.41, 5.74) is 0. The largest absolute Gasteiger partial charge is 0.453 e. The van der Waals surface area contributed by atoms with Crippen molar-refractivity contribution >= 4 is 7.92 Å². The van der Waals surface area contributed by atoms with Crippen LogP contribution in [0.3, 0.4) is 0 Å². The third-order valence-electron chi connectivity index (χ3n) is 2.51. The molecule has 0 bridgehead atoms. The fourth-order valence-electron chi connectivity index (χ4n) is 1.28. The lowest BCUT2D eigenvalue weighted by Crippen LogP contribution is -2.46. The number of rotatable bonds is 6. The van der Waals surface area contributed by atoms with Gasteiger partial charge in [-0.2, -0.15) is 65.9 Å². The summed E-state index contributed by atoms with van der Waals surface area (Å²) in [6, 6.07) is 0. The molecule has 25 heavy (non-hydrogen) atoms. The van der Waals surface area contributed by atoms with Gasteiger partial charge in [0.05, 0.1) is 0 Å². The molecule has 0 heterocycles. The molecule has 0 unspecified atom stereocenters. The molecule has 152 valence electrons. The lowest BCUT2D eigenvalue weighted by molar-refractivity contribution is -0.277. The fourth-order valence-corrected chi connectivity index (χ4v) is 3.84. The van der Waals surface area contributed by atoms with Crippen LogP contribution < -0.4 is 0 Å². The van der Waals surface area contributed by atoms with Gasteiger partial charge < -0.3 is 0 Å². The summed E-state index contributed by atoms with van der Waals surface area (Å²) in [5, 5.41) is 0. The molecule has 0 nitrogen and oxygen atoms in total. The zero-order valence-electron chi connectivity index (χ0n) is 11.2. The average molecular weight is 430 g/mol. The molecular weight excluding hydrogens is 424 g/mol. The Hall–Kier alpha value is -0.620. The Morgan fingerprint density at radius 3 is 0.640 bits per heavy atom. The molecule has 0 aliphatic rings. The van der Waals surface area contributed by atoms with Crippen molar-refractivity contribution in [2.24, 2.45) is 0 Å². The molecule has 0 atom stereocenters. The number of alkyl halides is 15. The summed E-state index contributed by atoms with van der Waals surface area (Å²) >= 11 is 0. The summed E-state index contributed by atoms with van der Waals surface area (Å²) in [4.78, 5) is 0. The van der Waals surface area contributed by atoms with Gasteiger partial charge in [-0.3, -0.25) is 0 Å². The van der Waals surface area contributed by atoms with E-state index in [4.69, 9.17) is 0 Å². The summed E-state index contributed by atoms with van der Waals surface area (Å²) < 4.78 is 184. The van der Waals surface area contributed by atoms with Gasteiger partial charge in [0.1, 0.15) is 0 Å². The first kappa shape index (κ1) is 24.4. The molecule has 0 N–H and O–H groups in total. The Morgan fingerprint density at radius 2 is 0.520 bits per heavy atom. The van der Waals surface area contributed by atoms with Gasteiger partial charge in [0.2, 0.25) is 0 Å². The van der Waals surface area contributed by atoms with Crippen LogP contribution in [-0.2, 0) is 0 Å². The van der Waals surface area contributed by atoms with Crippen LogP contribution in [0.2, 0.25) is 0 Å². The third-order valence-corrected chi connectivity index (χ3v) is 5.04. The van der Waals surface area contributed by atoms with Gasteiger partial charge >= 0.3 is 36.3 Å².